The number of carbonyl (C=O) groups excluding carboxylic acids is 1. The van der Waals surface area contributed by atoms with Crippen molar-refractivity contribution in [1.82, 2.24) is 4.31 Å². The Bertz CT molecular complexity index is 1210. The standard InChI is InChI=1S/C24H21ClFNO4S/c25-19-7-5-17(6-8-19)16-31-24(28)15-23-22-4-2-1-3-18(22)13-14-27(23)32(29,30)21-11-9-20(26)10-12-21/h1-12,23H,13-16H2. The SMILES string of the molecule is O=C(CC1c2ccccc2CCN1S(=O)(=O)c1ccc(F)cc1)OCc1ccc(Cl)cc1. The largest absolute Gasteiger partial charge is 0.461 e. The molecule has 1 unspecified atom stereocenters. The lowest BCUT2D eigenvalue weighted by molar-refractivity contribution is -0.146. The van der Waals surface area contributed by atoms with Crippen molar-refractivity contribution in [3.05, 3.63) is 100 Å². The van der Waals surface area contributed by atoms with E-state index in [1.807, 2.05) is 24.3 Å². The highest BCUT2D eigenvalue weighted by Gasteiger charge is 2.37. The van der Waals surface area contributed by atoms with Gasteiger partial charge < -0.3 is 4.74 Å². The second-order valence-electron chi connectivity index (χ2n) is 7.53. The zero-order valence-electron chi connectivity index (χ0n) is 17.1. The van der Waals surface area contributed by atoms with Gasteiger partial charge in [-0.1, -0.05) is 48.0 Å². The van der Waals surface area contributed by atoms with Gasteiger partial charge in [-0.25, -0.2) is 12.8 Å². The Morgan fingerprint density at radius 2 is 1.72 bits per heavy atom. The molecule has 1 heterocycles. The lowest BCUT2D eigenvalue weighted by Crippen LogP contribution is -2.41. The molecule has 0 saturated carbocycles. The maximum atomic E-state index is 13.4. The van der Waals surface area contributed by atoms with E-state index in [2.05, 4.69) is 0 Å². The average Bonchev–Trinajstić information content (AvgIpc) is 2.79. The van der Waals surface area contributed by atoms with Crippen LogP contribution in [-0.4, -0.2) is 25.2 Å². The number of nitrogens with zero attached hydrogens (tertiary/aromatic N) is 1. The van der Waals surface area contributed by atoms with Gasteiger partial charge in [-0.15, -0.1) is 0 Å². The number of carbonyl (C=O) groups is 1. The number of sulfonamides is 1. The van der Waals surface area contributed by atoms with E-state index in [0.29, 0.717) is 11.4 Å². The Labute approximate surface area is 191 Å². The minimum absolute atomic E-state index is 0.0159. The predicted octanol–water partition coefficient (Wildman–Crippen LogP) is 4.90. The van der Waals surface area contributed by atoms with Crippen molar-refractivity contribution in [1.29, 1.82) is 0 Å². The zero-order chi connectivity index (χ0) is 22.7. The Morgan fingerprint density at radius 3 is 2.44 bits per heavy atom. The first-order valence-corrected chi connectivity index (χ1v) is 11.9. The zero-order valence-corrected chi connectivity index (χ0v) is 18.7. The van der Waals surface area contributed by atoms with Crippen molar-refractivity contribution in [2.45, 2.75) is 30.4 Å². The van der Waals surface area contributed by atoms with Crippen LogP contribution in [-0.2, 0) is 32.6 Å². The van der Waals surface area contributed by atoms with E-state index < -0.39 is 27.9 Å². The van der Waals surface area contributed by atoms with Crippen molar-refractivity contribution in [3.8, 4) is 0 Å². The van der Waals surface area contributed by atoms with Crippen LogP contribution in [0.1, 0.15) is 29.2 Å². The van der Waals surface area contributed by atoms with E-state index in [1.165, 1.54) is 16.4 Å². The molecule has 166 valence electrons. The second kappa shape index (κ2) is 9.40. The molecule has 5 nitrogen and oxygen atoms in total. The lowest BCUT2D eigenvalue weighted by atomic mass is 9.92. The topological polar surface area (TPSA) is 63.7 Å². The van der Waals surface area contributed by atoms with Gasteiger partial charge in [0.25, 0.3) is 0 Å². The second-order valence-corrected chi connectivity index (χ2v) is 9.85. The molecule has 0 saturated heterocycles. The first-order chi connectivity index (χ1) is 15.3. The van der Waals surface area contributed by atoms with E-state index in [1.54, 1.807) is 24.3 Å². The van der Waals surface area contributed by atoms with E-state index in [9.17, 15) is 17.6 Å². The normalized spacial score (nSPS) is 16.4. The van der Waals surface area contributed by atoms with Crippen molar-refractivity contribution in [3.63, 3.8) is 0 Å². The number of benzene rings is 3. The molecule has 1 atom stereocenters. The number of hydrogen-bond donors (Lipinski definition) is 0. The quantitative estimate of drug-likeness (QED) is 0.478. The number of hydrogen-bond acceptors (Lipinski definition) is 4. The van der Waals surface area contributed by atoms with Gasteiger partial charge in [0.05, 0.1) is 17.4 Å². The smallest absolute Gasteiger partial charge is 0.308 e. The molecule has 8 heteroatoms. The Balaban J connectivity index is 1.58. The van der Waals surface area contributed by atoms with Crippen LogP contribution in [0.4, 0.5) is 4.39 Å². The Hall–Kier alpha value is -2.74. The summed E-state index contributed by atoms with van der Waals surface area (Å²) >= 11 is 5.88. The number of ether oxygens (including phenoxy) is 1. The molecule has 4 rings (SSSR count). The van der Waals surface area contributed by atoms with E-state index in [0.717, 1.165) is 28.8 Å². The van der Waals surface area contributed by atoms with Gasteiger partial charge in [-0.05, 0) is 59.5 Å². The minimum Gasteiger partial charge on any atom is -0.461 e. The van der Waals surface area contributed by atoms with Gasteiger partial charge >= 0.3 is 5.97 Å². The van der Waals surface area contributed by atoms with E-state index >= 15 is 0 Å². The molecule has 0 spiro atoms. The van der Waals surface area contributed by atoms with E-state index in [4.69, 9.17) is 16.3 Å². The van der Waals surface area contributed by atoms with Gasteiger partial charge in [-0.3, -0.25) is 4.79 Å². The van der Waals surface area contributed by atoms with Crippen molar-refractivity contribution < 1.29 is 22.3 Å². The fraction of sp³-hybridized carbons (Fsp3) is 0.208. The van der Waals surface area contributed by atoms with Crippen LogP contribution in [0.2, 0.25) is 5.02 Å². The molecule has 0 radical (unpaired) electrons. The summed E-state index contributed by atoms with van der Waals surface area (Å²) in [6.07, 6.45) is 0.387. The third-order valence-electron chi connectivity index (χ3n) is 5.46. The molecule has 3 aromatic rings. The van der Waals surface area contributed by atoms with Crippen LogP contribution in [0.5, 0.6) is 0 Å². The highest BCUT2D eigenvalue weighted by Crippen LogP contribution is 2.36. The average molecular weight is 474 g/mol. The van der Waals surface area contributed by atoms with Crippen molar-refractivity contribution >= 4 is 27.6 Å². The molecule has 0 aromatic heterocycles. The fourth-order valence-corrected chi connectivity index (χ4v) is 5.56. The molecule has 0 aliphatic carbocycles. The van der Waals surface area contributed by atoms with Gasteiger partial charge in [0.1, 0.15) is 12.4 Å². The van der Waals surface area contributed by atoms with Gasteiger partial charge in [0, 0.05) is 11.6 Å². The van der Waals surface area contributed by atoms with Crippen LogP contribution in [0.25, 0.3) is 0 Å². The summed E-state index contributed by atoms with van der Waals surface area (Å²) in [5.41, 5.74) is 2.55. The summed E-state index contributed by atoms with van der Waals surface area (Å²) in [7, 11) is -3.94. The third-order valence-corrected chi connectivity index (χ3v) is 7.63. The molecule has 0 N–H and O–H groups in total. The maximum Gasteiger partial charge on any atom is 0.308 e. The summed E-state index contributed by atoms with van der Waals surface area (Å²) in [5, 5.41) is 0.584. The maximum absolute atomic E-state index is 13.4. The third kappa shape index (κ3) is 4.85. The Morgan fingerprint density at radius 1 is 1.03 bits per heavy atom. The summed E-state index contributed by atoms with van der Waals surface area (Å²) in [5.74, 6) is -1.03. The molecular weight excluding hydrogens is 453 g/mol. The number of rotatable bonds is 6. The van der Waals surface area contributed by atoms with Crippen molar-refractivity contribution in [2.75, 3.05) is 6.54 Å². The predicted molar refractivity (Wildman–Crippen MR) is 119 cm³/mol. The molecule has 0 amide bonds. The first-order valence-electron chi connectivity index (χ1n) is 10.1. The molecule has 0 fully saturated rings. The molecule has 1 aliphatic rings. The van der Waals surface area contributed by atoms with Crippen LogP contribution >= 0.6 is 11.6 Å². The van der Waals surface area contributed by atoms with Crippen LogP contribution in [0.3, 0.4) is 0 Å². The molecule has 3 aromatic carbocycles. The van der Waals surface area contributed by atoms with Gasteiger partial charge in [0.15, 0.2) is 0 Å². The molecular formula is C24H21ClFNO4S. The van der Waals surface area contributed by atoms with Crippen molar-refractivity contribution in [2.24, 2.45) is 0 Å². The monoisotopic (exact) mass is 473 g/mol. The van der Waals surface area contributed by atoms with Gasteiger partial charge in [0.2, 0.25) is 10.0 Å². The number of fused-ring (bicyclic) bond motifs is 1. The molecule has 32 heavy (non-hydrogen) atoms. The van der Waals surface area contributed by atoms with Crippen LogP contribution in [0.15, 0.2) is 77.7 Å². The molecule has 0 bridgehead atoms. The number of esters is 1. The lowest BCUT2D eigenvalue weighted by Gasteiger charge is -2.36. The van der Waals surface area contributed by atoms with Gasteiger partial charge in [-0.2, -0.15) is 4.31 Å². The minimum atomic E-state index is -3.94. The highest BCUT2D eigenvalue weighted by molar-refractivity contribution is 7.89. The Kier molecular flexibility index (Phi) is 6.60. The highest BCUT2D eigenvalue weighted by atomic mass is 35.5. The number of halogens is 2. The molecule has 1 aliphatic heterocycles. The van der Waals surface area contributed by atoms with Crippen LogP contribution < -0.4 is 0 Å². The van der Waals surface area contributed by atoms with Crippen LogP contribution in [0, 0.1) is 5.82 Å². The summed E-state index contributed by atoms with van der Waals surface area (Å²) < 4.78 is 46.8. The van der Waals surface area contributed by atoms with E-state index in [-0.39, 0.29) is 24.5 Å². The summed E-state index contributed by atoms with van der Waals surface area (Å²) in [6.45, 7) is 0.279. The first kappa shape index (κ1) is 22.5. The fourth-order valence-electron chi connectivity index (χ4n) is 3.83. The summed E-state index contributed by atoms with van der Waals surface area (Å²) in [4.78, 5) is 12.7. The summed E-state index contributed by atoms with van der Waals surface area (Å²) in [6, 6.07) is 18.4.